The summed E-state index contributed by atoms with van der Waals surface area (Å²) in [6.45, 7) is 2.62. The standard InChI is InChI=1S/C17H17N3O/c1-2-21-13-6-3-5-12(11-13)20-16-9-10-19-17-14(16)7-4-8-15(17)18/h3-11H,2,18H2,1H3,(H,19,20). The summed E-state index contributed by atoms with van der Waals surface area (Å²) in [6.07, 6.45) is 1.76. The van der Waals surface area contributed by atoms with Crippen molar-refractivity contribution in [1.82, 2.24) is 4.98 Å². The van der Waals surface area contributed by atoms with Crippen LogP contribution >= 0.6 is 0 Å². The van der Waals surface area contributed by atoms with Gasteiger partial charge in [0.25, 0.3) is 0 Å². The predicted molar refractivity (Wildman–Crippen MR) is 87.0 cm³/mol. The van der Waals surface area contributed by atoms with E-state index in [0.29, 0.717) is 12.3 Å². The zero-order valence-electron chi connectivity index (χ0n) is 11.8. The van der Waals surface area contributed by atoms with Gasteiger partial charge in [-0.1, -0.05) is 18.2 Å². The van der Waals surface area contributed by atoms with Gasteiger partial charge in [0.2, 0.25) is 0 Å². The van der Waals surface area contributed by atoms with E-state index in [1.807, 2.05) is 55.5 Å². The Morgan fingerprint density at radius 3 is 2.86 bits per heavy atom. The molecule has 4 heteroatoms. The molecule has 1 heterocycles. The number of rotatable bonds is 4. The molecule has 0 amide bonds. The van der Waals surface area contributed by atoms with E-state index in [0.717, 1.165) is 28.0 Å². The minimum Gasteiger partial charge on any atom is -0.494 e. The number of nitrogens with two attached hydrogens (primary N) is 1. The fourth-order valence-corrected chi connectivity index (χ4v) is 2.29. The number of benzene rings is 2. The Morgan fingerprint density at radius 1 is 1.14 bits per heavy atom. The highest BCUT2D eigenvalue weighted by Gasteiger charge is 2.05. The van der Waals surface area contributed by atoms with Crippen LogP contribution in [0.15, 0.2) is 54.7 Å². The van der Waals surface area contributed by atoms with E-state index in [9.17, 15) is 0 Å². The third-order valence-corrected chi connectivity index (χ3v) is 3.23. The SMILES string of the molecule is CCOc1cccc(Nc2ccnc3c(N)cccc23)c1. The smallest absolute Gasteiger partial charge is 0.121 e. The Labute approximate surface area is 123 Å². The average Bonchev–Trinajstić information content (AvgIpc) is 2.49. The maximum atomic E-state index is 5.97. The summed E-state index contributed by atoms with van der Waals surface area (Å²) in [5.41, 5.74) is 9.40. The minimum absolute atomic E-state index is 0.651. The second-order valence-corrected chi connectivity index (χ2v) is 4.69. The molecular formula is C17H17N3O. The van der Waals surface area contributed by atoms with E-state index < -0.39 is 0 Å². The highest BCUT2D eigenvalue weighted by molar-refractivity contribution is 5.98. The van der Waals surface area contributed by atoms with Crippen LogP contribution in [0, 0.1) is 0 Å². The molecule has 0 spiro atoms. The molecule has 0 saturated heterocycles. The molecule has 106 valence electrons. The lowest BCUT2D eigenvalue weighted by molar-refractivity contribution is 0.340. The zero-order chi connectivity index (χ0) is 14.7. The molecule has 0 aliphatic rings. The van der Waals surface area contributed by atoms with Gasteiger partial charge in [-0.3, -0.25) is 4.98 Å². The van der Waals surface area contributed by atoms with E-state index in [2.05, 4.69) is 10.3 Å². The van der Waals surface area contributed by atoms with Crippen LogP contribution in [0.3, 0.4) is 0 Å². The summed E-state index contributed by atoms with van der Waals surface area (Å²) in [6, 6.07) is 15.6. The first kappa shape index (κ1) is 13.2. The van der Waals surface area contributed by atoms with Gasteiger partial charge in [-0.2, -0.15) is 0 Å². The van der Waals surface area contributed by atoms with Crippen LogP contribution in [-0.2, 0) is 0 Å². The summed E-state index contributed by atoms with van der Waals surface area (Å²) in [4.78, 5) is 4.34. The number of hydrogen-bond donors (Lipinski definition) is 2. The molecule has 0 fully saturated rings. The number of pyridine rings is 1. The van der Waals surface area contributed by atoms with Crippen molar-refractivity contribution in [2.45, 2.75) is 6.92 Å². The first-order valence-electron chi connectivity index (χ1n) is 6.91. The van der Waals surface area contributed by atoms with Crippen LogP contribution in [0.1, 0.15) is 6.92 Å². The predicted octanol–water partition coefficient (Wildman–Crippen LogP) is 3.96. The van der Waals surface area contributed by atoms with Crippen LogP contribution < -0.4 is 15.8 Å². The minimum atomic E-state index is 0.651. The molecule has 1 aromatic heterocycles. The quantitative estimate of drug-likeness (QED) is 0.710. The summed E-state index contributed by atoms with van der Waals surface area (Å²) in [5.74, 6) is 0.848. The molecule has 3 aromatic rings. The van der Waals surface area contributed by atoms with Gasteiger partial charge in [0.1, 0.15) is 5.75 Å². The van der Waals surface area contributed by atoms with Crippen LogP contribution in [0.2, 0.25) is 0 Å². The number of para-hydroxylation sites is 1. The molecule has 2 aromatic carbocycles. The first-order chi connectivity index (χ1) is 10.3. The zero-order valence-corrected chi connectivity index (χ0v) is 11.8. The molecule has 0 aliphatic heterocycles. The van der Waals surface area contributed by atoms with Crippen LogP contribution in [0.25, 0.3) is 10.9 Å². The van der Waals surface area contributed by atoms with Gasteiger partial charge >= 0.3 is 0 Å². The normalized spacial score (nSPS) is 10.5. The Morgan fingerprint density at radius 2 is 2.00 bits per heavy atom. The maximum absolute atomic E-state index is 5.97. The first-order valence-corrected chi connectivity index (χ1v) is 6.91. The van der Waals surface area contributed by atoms with Crippen molar-refractivity contribution >= 4 is 28.0 Å². The molecule has 21 heavy (non-hydrogen) atoms. The lowest BCUT2D eigenvalue weighted by Gasteiger charge is -2.11. The Balaban J connectivity index is 1.98. The van der Waals surface area contributed by atoms with Gasteiger partial charge in [-0.15, -0.1) is 0 Å². The second kappa shape index (κ2) is 5.71. The van der Waals surface area contributed by atoms with Crippen LogP contribution in [-0.4, -0.2) is 11.6 Å². The summed E-state index contributed by atoms with van der Waals surface area (Å²) >= 11 is 0. The lowest BCUT2D eigenvalue weighted by Crippen LogP contribution is -1.96. The van der Waals surface area contributed by atoms with Crippen LogP contribution in [0.5, 0.6) is 5.75 Å². The largest absolute Gasteiger partial charge is 0.494 e. The molecule has 0 aliphatic carbocycles. The Kier molecular flexibility index (Phi) is 3.60. The lowest BCUT2D eigenvalue weighted by atomic mass is 10.1. The fourth-order valence-electron chi connectivity index (χ4n) is 2.29. The fraction of sp³-hybridized carbons (Fsp3) is 0.118. The summed E-state index contributed by atoms with van der Waals surface area (Å²) < 4.78 is 5.52. The average molecular weight is 279 g/mol. The molecular weight excluding hydrogens is 262 g/mol. The third kappa shape index (κ3) is 2.74. The van der Waals surface area contributed by atoms with Crippen molar-refractivity contribution in [3.63, 3.8) is 0 Å². The van der Waals surface area contributed by atoms with E-state index in [1.54, 1.807) is 6.20 Å². The number of fused-ring (bicyclic) bond motifs is 1. The van der Waals surface area contributed by atoms with Gasteiger partial charge in [0.15, 0.2) is 0 Å². The molecule has 0 unspecified atom stereocenters. The van der Waals surface area contributed by atoms with Crippen molar-refractivity contribution in [3.8, 4) is 5.75 Å². The third-order valence-electron chi connectivity index (χ3n) is 3.23. The number of ether oxygens (including phenoxy) is 1. The maximum Gasteiger partial charge on any atom is 0.121 e. The molecule has 0 radical (unpaired) electrons. The van der Waals surface area contributed by atoms with Gasteiger partial charge in [-0.25, -0.2) is 0 Å². The van der Waals surface area contributed by atoms with E-state index in [-0.39, 0.29) is 0 Å². The molecule has 3 N–H and O–H groups in total. The molecule has 4 nitrogen and oxygen atoms in total. The van der Waals surface area contributed by atoms with Crippen molar-refractivity contribution in [2.75, 3.05) is 17.7 Å². The number of hydrogen-bond acceptors (Lipinski definition) is 4. The molecule has 0 saturated carbocycles. The van der Waals surface area contributed by atoms with Gasteiger partial charge in [-0.05, 0) is 31.2 Å². The molecule has 3 rings (SSSR count). The molecule has 0 atom stereocenters. The van der Waals surface area contributed by atoms with Crippen LogP contribution in [0.4, 0.5) is 17.1 Å². The Bertz CT molecular complexity index is 771. The summed E-state index contributed by atoms with van der Waals surface area (Å²) in [7, 11) is 0. The number of aromatic nitrogens is 1. The van der Waals surface area contributed by atoms with Crippen molar-refractivity contribution in [1.29, 1.82) is 0 Å². The summed E-state index contributed by atoms with van der Waals surface area (Å²) in [5, 5.41) is 4.40. The Hall–Kier alpha value is -2.75. The van der Waals surface area contributed by atoms with Crippen molar-refractivity contribution < 1.29 is 4.74 Å². The highest BCUT2D eigenvalue weighted by atomic mass is 16.5. The van der Waals surface area contributed by atoms with Gasteiger partial charge < -0.3 is 15.8 Å². The monoisotopic (exact) mass is 279 g/mol. The highest BCUT2D eigenvalue weighted by Crippen LogP contribution is 2.29. The second-order valence-electron chi connectivity index (χ2n) is 4.69. The van der Waals surface area contributed by atoms with Crippen molar-refractivity contribution in [2.24, 2.45) is 0 Å². The number of nitrogens with one attached hydrogen (secondary N) is 1. The van der Waals surface area contributed by atoms with E-state index in [1.165, 1.54) is 0 Å². The number of nitrogens with zero attached hydrogens (tertiary/aromatic N) is 1. The number of anilines is 3. The van der Waals surface area contributed by atoms with E-state index in [4.69, 9.17) is 10.5 Å². The van der Waals surface area contributed by atoms with Gasteiger partial charge in [0, 0.05) is 29.0 Å². The molecule has 0 bridgehead atoms. The topological polar surface area (TPSA) is 60.2 Å². The van der Waals surface area contributed by atoms with E-state index >= 15 is 0 Å². The number of nitrogen functional groups attached to an aromatic ring is 1. The van der Waals surface area contributed by atoms with Gasteiger partial charge in [0.05, 0.1) is 17.8 Å². The van der Waals surface area contributed by atoms with Crippen molar-refractivity contribution in [3.05, 3.63) is 54.7 Å².